The van der Waals surface area contributed by atoms with E-state index in [4.69, 9.17) is 5.73 Å². The number of nitrogens with two attached hydrogens (primary N) is 1. The van der Waals surface area contributed by atoms with Crippen LogP contribution >= 0.6 is 0 Å². The van der Waals surface area contributed by atoms with Crippen molar-refractivity contribution in [3.8, 4) is 0 Å². The van der Waals surface area contributed by atoms with Gasteiger partial charge in [0, 0.05) is 24.9 Å². The van der Waals surface area contributed by atoms with Crippen molar-refractivity contribution in [1.82, 2.24) is 9.38 Å². The lowest BCUT2D eigenvalue weighted by Gasteiger charge is -2.11. The number of halogens is 3. The van der Waals surface area contributed by atoms with Crippen molar-refractivity contribution in [1.29, 1.82) is 0 Å². The fourth-order valence-electron chi connectivity index (χ4n) is 2.52. The Balaban J connectivity index is 2.01. The number of hydrogen-bond donors (Lipinski definition) is 1. The number of benzene rings is 1. The van der Waals surface area contributed by atoms with Gasteiger partial charge < -0.3 is 10.1 Å². The molecule has 0 saturated carbocycles. The van der Waals surface area contributed by atoms with E-state index in [0.29, 0.717) is 17.9 Å². The highest BCUT2D eigenvalue weighted by Gasteiger charge is 2.32. The highest BCUT2D eigenvalue weighted by atomic mass is 19.4. The Labute approximate surface area is 125 Å². The summed E-state index contributed by atoms with van der Waals surface area (Å²) in [5, 5.41) is 0. The highest BCUT2D eigenvalue weighted by molar-refractivity contribution is 5.43. The Morgan fingerprint density at radius 3 is 2.55 bits per heavy atom. The first-order valence-electron chi connectivity index (χ1n) is 6.80. The van der Waals surface area contributed by atoms with Crippen LogP contribution in [0.1, 0.15) is 22.5 Å². The zero-order chi connectivity index (χ0) is 15.7. The first-order valence-corrected chi connectivity index (χ1v) is 6.80. The van der Waals surface area contributed by atoms with Crippen LogP contribution in [0.5, 0.6) is 0 Å². The SMILES string of the molecule is NCc1cccc2nc(Cc3ccccc3C(F)(F)F)cn12. The molecule has 2 heterocycles. The number of nitrogens with zero attached hydrogens (tertiary/aromatic N) is 2. The second-order valence-electron chi connectivity index (χ2n) is 5.01. The van der Waals surface area contributed by atoms with E-state index in [2.05, 4.69) is 4.98 Å². The maximum absolute atomic E-state index is 13.0. The molecule has 0 spiro atoms. The van der Waals surface area contributed by atoms with Crippen LogP contribution in [0.3, 0.4) is 0 Å². The predicted molar refractivity (Wildman–Crippen MR) is 77.3 cm³/mol. The van der Waals surface area contributed by atoms with Crippen molar-refractivity contribution in [3.63, 3.8) is 0 Å². The number of hydrogen-bond acceptors (Lipinski definition) is 2. The summed E-state index contributed by atoms with van der Waals surface area (Å²) in [7, 11) is 0. The number of rotatable bonds is 3. The van der Waals surface area contributed by atoms with E-state index in [9.17, 15) is 13.2 Å². The largest absolute Gasteiger partial charge is 0.416 e. The van der Waals surface area contributed by atoms with Crippen molar-refractivity contribution in [2.45, 2.75) is 19.1 Å². The van der Waals surface area contributed by atoms with E-state index < -0.39 is 11.7 Å². The normalized spacial score (nSPS) is 12.0. The molecule has 0 aliphatic heterocycles. The van der Waals surface area contributed by atoms with Gasteiger partial charge in [-0.3, -0.25) is 0 Å². The first-order chi connectivity index (χ1) is 10.5. The number of alkyl halides is 3. The van der Waals surface area contributed by atoms with Gasteiger partial charge >= 0.3 is 6.18 Å². The zero-order valence-corrected chi connectivity index (χ0v) is 11.6. The van der Waals surface area contributed by atoms with Gasteiger partial charge in [0.05, 0.1) is 11.3 Å². The van der Waals surface area contributed by atoms with Gasteiger partial charge in [-0.25, -0.2) is 4.98 Å². The molecule has 114 valence electrons. The summed E-state index contributed by atoms with van der Waals surface area (Å²) in [6.45, 7) is 0.340. The summed E-state index contributed by atoms with van der Waals surface area (Å²) >= 11 is 0. The summed E-state index contributed by atoms with van der Waals surface area (Å²) in [6, 6.07) is 11.1. The fraction of sp³-hybridized carbons (Fsp3) is 0.188. The lowest BCUT2D eigenvalue weighted by atomic mass is 10.0. The summed E-state index contributed by atoms with van der Waals surface area (Å²) in [5.74, 6) is 0. The van der Waals surface area contributed by atoms with E-state index in [1.54, 1.807) is 18.3 Å². The molecule has 0 amide bonds. The second-order valence-corrected chi connectivity index (χ2v) is 5.01. The molecule has 3 nitrogen and oxygen atoms in total. The van der Waals surface area contributed by atoms with Crippen molar-refractivity contribution < 1.29 is 13.2 Å². The Kier molecular flexibility index (Phi) is 3.62. The van der Waals surface area contributed by atoms with Crippen LogP contribution in [0.2, 0.25) is 0 Å². The minimum absolute atomic E-state index is 0.126. The van der Waals surface area contributed by atoms with Crippen molar-refractivity contribution in [2.75, 3.05) is 0 Å². The van der Waals surface area contributed by atoms with Gasteiger partial charge in [0.15, 0.2) is 0 Å². The summed E-state index contributed by atoms with van der Waals surface area (Å²) in [5.41, 5.74) is 7.38. The second kappa shape index (κ2) is 5.46. The molecule has 6 heteroatoms. The van der Waals surface area contributed by atoms with Crippen LogP contribution in [0.15, 0.2) is 48.7 Å². The minimum atomic E-state index is -4.36. The summed E-state index contributed by atoms with van der Waals surface area (Å²) in [6.07, 6.45) is -2.50. The van der Waals surface area contributed by atoms with E-state index in [0.717, 1.165) is 11.8 Å². The molecular weight excluding hydrogens is 291 g/mol. The monoisotopic (exact) mass is 305 g/mol. The lowest BCUT2D eigenvalue weighted by Crippen LogP contribution is -2.09. The van der Waals surface area contributed by atoms with Crippen LogP contribution < -0.4 is 5.73 Å². The molecule has 0 fully saturated rings. The summed E-state index contributed by atoms with van der Waals surface area (Å²) < 4.78 is 40.9. The Hall–Kier alpha value is -2.34. The fourth-order valence-corrected chi connectivity index (χ4v) is 2.52. The topological polar surface area (TPSA) is 43.3 Å². The zero-order valence-electron chi connectivity index (χ0n) is 11.6. The van der Waals surface area contributed by atoms with Crippen LogP contribution in [-0.4, -0.2) is 9.38 Å². The third-order valence-corrected chi connectivity index (χ3v) is 3.53. The van der Waals surface area contributed by atoms with Gasteiger partial charge in [-0.15, -0.1) is 0 Å². The average Bonchev–Trinajstić information content (AvgIpc) is 2.88. The highest BCUT2D eigenvalue weighted by Crippen LogP contribution is 2.32. The molecule has 1 aromatic carbocycles. The standard InChI is InChI=1S/C16H14F3N3/c17-16(18,19)14-6-2-1-4-11(14)8-12-10-22-13(9-20)5-3-7-15(22)21-12/h1-7,10H,8-9,20H2. The molecule has 0 atom stereocenters. The van der Waals surface area contributed by atoms with Gasteiger partial charge in [-0.2, -0.15) is 13.2 Å². The molecule has 22 heavy (non-hydrogen) atoms. The molecule has 0 radical (unpaired) electrons. The summed E-state index contributed by atoms with van der Waals surface area (Å²) in [4.78, 5) is 4.38. The Morgan fingerprint density at radius 2 is 1.82 bits per heavy atom. The van der Waals surface area contributed by atoms with E-state index in [-0.39, 0.29) is 12.0 Å². The smallest absolute Gasteiger partial charge is 0.325 e. The average molecular weight is 305 g/mol. The predicted octanol–water partition coefficient (Wildman–Crippen LogP) is 3.40. The third-order valence-electron chi connectivity index (χ3n) is 3.53. The van der Waals surface area contributed by atoms with Gasteiger partial charge in [0.25, 0.3) is 0 Å². The molecule has 0 saturated heterocycles. The Bertz CT molecular complexity index is 806. The molecule has 3 aromatic rings. The maximum atomic E-state index is 13.0. The maximum Gasteiger partial charge on any atom is 0.416 e. The molecule has 2 N–H and O–H groups in total. The van der Waals surface area contributed by atoms with E-state index in [1.165, 1.54) is 12.1 Å². The van der Waals surface area contributed by atoms with Crippen molar-refractivity contribution >= 4 is 5.65 Å². The molecular formula is C16H14F3N3. The van der Waals surface area contributed by atoms with Gasteiger partial charge in [-0.05, 0) is 23.8 Å². The molecule has 3 rings (SSSR count). The first kappa shape index (κ1) is 14.6. The van der Waals surface area contributed by atoms with Crippen molar-refractivity contribution in [3.05, 3.63) is 71.2 Å². The van der Waals surface area contributed by atoms with Crippen LogP contribution in [0, 0.1) is 0 Å². The van der Waals surface area contributed by atoms with Crippen molar-refractivity contribution in [2.24, 2.45) is 5.73 Å². The van der Waals surface area contributed by atoms with Gasteiger partial charge in [-0.1, -0.05) is 24.3 Å². The quantitative estimate of drug-likeness (QED) is 0.806. The molecule has 0 unspecified atom stereocenters. The molecule has 0 aliphatic rings. The van der Waals surface area contributed by atoms with Crippen LogP contribution in [0.25, 0.3) is 5.65 Å². The van der Waals surface area contributed by atoms with Gasteiger partial charge in [0.1, 0.15) is 5.65 Å². The Morgan fingerprint density at radius 1 is 1.05 bits per heavy atom. The van der Waals surface area contributed by atoms with Crippen LogP contribution in [0.4, 0.5) is 13.2 Å². The minimum Gasteiger partial charge on any atom is -0.325 e. The number of aromatic nitrogens is 2. The molecule has 2 aromatic heterocycles. The third kappa shape index (κ3) is 2.69. The lowest BCUT2D eigenvalue weighted by molar-refractivity contribution is -0.138. The van der Waals surface area contributed by atoms with E-state index >= 15 is 0 Å². The van der Waals surface area contributed by atoms with Crippen LogP contribution in [-0.2, 0) is 19.1 Å². The number of pyridine rings is 1. The van der Waals surface area contributed by atoms with E-state index in [1.807, 2.05) is 16.5 Å². The molecule has 0 aliphatic carbocycles. The number of imidazole rings is 1. The van der Waals surface area contributed by atoms with Gasteiger partial charge in [0.2, 0.25) is 0 Å². The molecule has 0 bridgehead atoms. The number of fused-ring (bicyclic) bond motifs is 1.